The van der Waals surface area contributed by atoms with E-state index in [1.54, 1.807) is 23.1 Å². The molecule has 98 valence electrons. The van der Waals surface area contributed by atoms with Crippen molar-refractivity contribution in [1.82, 2.24) is 4.90 Å². The molecule has 0 saturated carbocycles. The summed E-state index contributed by atoms with van der Waals surface area (Å²) in [5, 5.41) is 3.71. The Morgan fingerprint density at radius 2 is 2.17 bits per heavy atom. The van der Waals surface area contributed by atoms with Crippen molar-refractivity contribution < 1.29 is 9.53 Å². The molecule has 0 bridgehead atoms. The van der Waals surface area contributed by atoms with Gasteiger partial charge in [0.05, 0.1) is 22.9 Å². The second-order valence-corrected chi connectivity index (χ2v) is 5.62. The monoisotopic (exact) mass is 288 g/mol. The number of carbonyl (C=O) groups is 1. The average Bonchev–Trinajstić information content (AvgIpc) is 2.63. The SMILES string of the molecule is CC1(C)COCN1C(=O)Nc1cc(Cl)ccc1Cl. The summed E-state index contributed by atoms with van der Waals surface area (Å²) in [5.41, 5.74) is 0.173. The molecule has 1 aliphatic rings. The third-order valence-electron chi connectivity index (χ3n) is 2.82. The van der Waals surface area contributed by atoms with Crippen molar-refractivity contribution in [2.45, 2.75) is 19.4 Å². The van der Waals surface area contributed by atoms with Gasteiger partial charge in [-0.25, -0.2) is 4.79 Å². The van der Waals surface area contributed by atoms with Gasteiger partial charge in [-0.3, -0.25) is 4.90 Å². The predicted octanol–water partition coefficient (Wildman–Crippen LogP) is 3.59. The zero-order valence-electron chi connectivity index (χ0n) is 10.2. The normalized spacial score (nSPS) is 17.9. The summed E-state index contributed by atoms with van der Waals surface area (Å²) in [5.74, 6) is 0. The number of anilines is 1. The molecule has 1 fully saturated rings. The number of nitrogens with zero attached hydrogens (tertiary/aromatic N) is 1. The van der Waals surface area contributed by atoms with Crippen LogP contribution in [-0.2, 0) is 4.74 Å². The van der Waals surface area contributed by atoms with Crippen LogP contribution in [0.1, 0.15) is 13.8 Å². The number of benzene rings is 1. The van der Waals surface area contributed by atoms with Crippen LogP contribution in [-0.4, -0.2) is 29.8 Å². The second kappa shape index (κ2) is 4.96. The van der Waals surface area contributed by atoms with Gasteiger partial charge in [-0.15, -0.1) is 0 Å². The molecule has 1 heterocycles. The molecule has 1 N–H and O–H groups in total. The summed E-state index contributed by atoms with van der Waals surface area (Å²) in [4.78, 5) is 13.7. The Balaban J connectivity index is 2.14. The molecular formula is C12H14Cl2N2O2. The standard InChI is InChI=1S/C12H14Cl2N2O2/c1-12(2)6-18-7-16(12)11(17)15-10-5-8(13)3-4-9(10)14/h3-5H,6-7H2,1-2H3,(H,15,17). The molecule has 0 aromatic heterocycles. The van der Waals surface area contributed by atoms with Crippen LogP contribution in [0.25, 0.3) is 0 Å². The Morgan fingerprint density at radius 3 is 2.78 bits per heavy atom. The number of nitrogens with one attached hydrogen (secondary N) is 1. The molecule has 0 unspecified atom stereocenters. The average molecular weight is 289 g/mol. The minimum absolute atomic E-state index is 0.248. The Bertz CT molecular complexity index is 477. The zero-order chi connectivity index (χ0) is 13.3. The number of urea groups is 1. The number of amides is 2. The molecule has 0 spiro atoms. The third-order valence-corrected chi connectivity index (χ3v) is 3.39. The van der Waals surface area contributed by atoms with Gasteiger partial charge in [-0.1, -0.05) is 23.2 Å². The Kier molecular flexibility index (Phi) is 3.71. The fourth-order valence-corrected chi connectivity index (χ4v) is 2.09. The van der Waals surface area contributed by atoms with E-state index in [1.165, 1.54) is 0 Å². The Labute approximate surface area is 116 Å². The molecule has 4 nitrogen and oxygen atoms in total. The lowest BCUT2D eigenvalue weighted by atomic mass is 10.1. The number of ether oxygens (including phenoxy) is 1. The van der Waals surface area contributed by atoms with E-state index in [0.29, 0.717) is 22.3 Å². The van der Waals surface area contributed by atoms with Crippen LogP contribution >= 0.6 is 23.2 Å². The van der Waals surface area contributed by atoms with Gasteiger partial charge in [0.15, 0.2) is 0 Å². The van der Waals surface area contributed by atoms with Gasteiger partial charge in [0.25, 0.3) is 0 Å². The van der Waals surface area contributed by atoms with Crippen LogP contribution in [0.5, 0.6) is 0 Å². The van der Waals surface area contributed by atoms with E-state index in [0.717, 1.165) is 0 Å². The summed E-state index contributed by atoms with van der Waals surface area (Å²) in [6.07, 6.45) is 0. The first-order chi connectivity index (χ1) is 8.40. The predicted molar refractivity (Wildman–Crippen MR) is 72.2 cm³/mol. The highest BCUT2D eigenvalue weighted by molar-refractivity contribution is 6.35. The lowest BCUT2D eigenvalue weighted by Gasteiger charge is -2.29. The molecule has 2 amide bonds. The smallest absolute Gasteiger partial charge is 0.324 e. The summed E-state index contributed by atoms with van der Waals surface area (Å²) in [6, 6.07) is 4.68. The molecule has 1 saturated heterocycles. The summed E-state index contributed by atoms with van der Waals surface area (Å²) in [6.45, 7) is 4.68. The van der Waals surface area contributed by atoms with Crippen molar-refractivity contribution >= 4 is 34.9 Å². The van der Waals surface area contributed by atoms with Gasteiger partial charge >= 0.3 is 6.03 Å². The summed E-state index contributed by atoms with van der Waals surface area (Å²) < 4.78 is 5.29. The molecule has 18 heavy (non-hydrogen) atoms. The van der Waals surface area contributed by atoms with Crippen molar-refractivity contribution in [3.63, 3.8) is 0 Å². The van der Waals surface area contributed by atoms with Crippen molar-refractivity contribution in [2.75, 3.05) is 18.7 Å². The van der Waals surface area contributed by atoms with E-state index in [1.807, 2.05) is 13.8 Å². The zero-order valence-corrected chi connectivity index (χ0v) is 11.7. The highest BCUT2D eigenvalue weighted by Crippen LogP contribution is 2.27. The lowest BCUT2D eigenvalue weighted by Crippen LogP contribution is -2.46. The van der Waals surface area contributed by atoms with E-state index in [4.69, 9.17) is 27.9 Å². The first-order valence-electron chi connectivity index (χ1n) is 5.51. The first-order valence-corrected chi connectivity index (χ1v) is 6.27. The second-order valence-electron chi connectivity index (χ2n) is 4.77. The molecule has 6 heteroatoms. The maximum absolute atomic E-state index is 12.1. The van der Waals surface area contributed by atoms with Gasteiger partial charge in [-0.05, 0) is 32.0 Å². The van der Waals surface area contributed by atoms with Crippen molar-refractivity contribution in [1.29, 1.82) is 0 Å². The van der Waals surface area contributed by atoms with Crippen LogP contribution in [0.2, 0.25) is 10.0 Å². The van der Waals surface area contributed by atoms with Gasteiger partial charge < -0.3 is 10.1 Å². The van der Waals surface area contributed by atoms with Crippen LogP contribution in [0.3, 0.4) is 0 Å². The number of hydrogen-bond acceptors (Lipinski definition) is 2. The Morgan fingerprint density at radius 1 is 1.44 bits per heavy atom. The van der Waals surface area contributed by atoms with Crippen molar-refractivity contribution in [2.24, 2.45) is 0 Å². The first kappa shape index (κ1) is 13.5. The highest BCUT2D eigenvalue weighted by atomic mass is 35.5. The largest absolute Gasteiger partial charge is 0.359 e. The molecule has 1 aliphatic heterocycles. The van der Waals surface area contributed by atoms with E-state index < -0.39 is 0 Å². The third kappa shape index (κ3) is 2.71. The molecule has 0 atom stereocenters. The fourth-order valence-electron chi connectivity index (χ4n) is 1.75. The van der Waals surface area contributed by atoms with Crippen LogP contribution in [0.15, 0.2) is 18.2 Å². The molecule has 1 aromatic carbocycles. The number of hydrogen-bond donors (Lipinski definition) is 1. The lowest BCUT2D eigenvalue weighted by molar-refractivity contribution is 0.147. The van der Waals surface area contributed by atoms with E-state index in [2.05, 4.69) is 5.32 Å². The summed E-state index contributed by atoms with van der Waals surface area (Å²) >= 11 is 11.9. The quantitative estimate of drug-likeness (QED) is 0.858. The summed E-state index contributed by atoms with van der Waals surface area (Å²) in [7, 11) is 0. The van der Waals surface area contributed by atoms with Gasteiger partial charge in [0.1, 0.15) is 6.73 Å². The molecule has 1 aromatic rings. The Hall–Kier alpha value is -0.970. The maximum Gasteiger partial charge on any atom is 0.324 e. The van der Waals surface area contributed by atoms with Crippen LogP contribution in [0, 0.1) is 0 Å². The van der Waals surface area contributed by atoms with Crippen LogP contribution in [0.4, 0.5) is 10.5 Å². The van der Waals surface area contributed by atoms with Crippen molar-refractivity contribution in [3.05, 3.63) is 28.2 Å². The minimum Gasteiger partial charge on any atom is -0.359 e. The number of rotatable bonds is 1. The molecular weight excluding hydrogens is 275 g/mol. The van der Waals surface area contributed by atoms with E-state index in [-0.39, 0.29) is 18.3 Å². The van der Waals surface area contributed by atoms with Gasteiger partial charge in [0.2, 0.25) is 0 Å². The van der Waals surface area contributed by atoms with E-state index in [9.17, 15) is 4.79 Å². The maximum atomic E-state index is 12.1. The number of carbonyl (C=O) groups excluding carboxylic acids is 1. The molecule has 2 rings (SSSR count). The number of halogens is 2. The molecule has 0 aliphatic carbocycles. The van der Waals surface area contributed by atoms with Gasteiger partial charge in [0, 0.05) is 5.02 Å². The van der Waals surface area contributed by atoms with Crippen LogP contribution < -0.4 is 5.32 Å². The topological polar surface area (TPSA) is 41.6 Å². The fraction of sp³-hybridized carbons (Fsp3) is 0.417. The van der Waals surface area contributed by atoms with E-state index >= 15 is 0 Å². The van der Waals surface area contributed by atoms with Crippen molar-refractivity contribution in [3.8, 4) is 0 Å². The highest BCUT2D eigenvalue weighted by Gasteiger charge is 2.36. The minimum atomic E-state index is -0.324. The molecule has 0 radical (unpaired) electrons. The van der Waals surface area contributed by atoms with Gasteiger partial charge in [-0.2, -0.15) is 0 Å².